The van der Waals surface area contributed by atoms with Crippen LogP contribution in [0.5, 0.6) is 0 Å². The number of carbonyl (C=O) groups excluding carboxylic acids is 1. The highest BCUT2D eigenvalue weighted by atomic mass is 32.1. The molecular formula is C10H9NO2S. The maximum atomic E-state index is 10.6. The Balaban J connectivity index is 2.74. The Kier molecular flexibility index (Phi) is 2.23. The molecule has 1 heterocycles. The van der Waals surface area contributed by atoms with Gasteiger partial charge >= 0.3 is 0 Å². The molecular weight excluding hydrogens is 198 g/mol. The van der Waals surface area contributed by atoms with Crippen LogP contribution in [0.3, 0.4) is 0 Å². The first-order valence-electron chi connectivity index (χ1n) is 4.13. The Hall–Kier alpha value is -1.39. The highest BCUT2D eigenvalue weighted by molar-refractivity contribution is 7.19. The number of nitrogen functional groups attached to an aromatic ring is 1. The predicted octanol–water partition coefficient (Wildman–Crippen LogP) is 1.79. The molecule has 2 rings (SSSR count). The molecule has 0 radical (unpaired) electrons. The van der Waals surface area contributed by atoms with Gasteiger partial charge in [-0.05, 0) is 17.5 Å². The zero-order valence-electron chi connectivity index (χ0n) is 7.36. The second-order valence-electron chi connectivity index (χ2n) is 2.98. The van der Waals surface area contributed by atoms with E-state index in [1.807, 2.05) is 12.1 Å². The van der Waals surface area contributed by atoms with Crippen LogP contribution in [0.1, 0.15) is 15.2 Å². The van der Waals surface area contributed by atoms with Crippen molar-refractivity contribution in [3.8, 4) is 0 Å². The van der Waals surface area contributed by atoms with Crippen molar-refractivity contribution in [3.05, 3.63) is 28.6 Å². The molecule has 0 unspecified atom stereocenters. The third kappa shape index (κ3) is 1.29. The van der Waals surface area contributed by atoms with Crippen LogP contribution < -0.4 is 5.73 Å². The van der Waals surface area contributed by atoms with Crippen molar-refractivity contribution < 1.29 is 9.90 Å². The molecule has 0 amide bonds. The number of thiophene rings is 1. The number of hydrogen-bond donors (Lipinski definition) is 2. The lowest BCUT2D eigenvalue weighted by Crippen LogP contribution is -1.91. The molecule has 1 aromatic carbocycles. The van der Waals surface area contributed by atoms with Gasteiger partial charge in [0.25, 0.3) is 0 Å². The molecule has 0 atom stereocenters. The maximum Gasteiger partial charge on any atom is 0.152 e. The first-order chi connectivity index (χ1) is 6.76. The minimum atomic E-state index is 0.00914. The average molecular weight is 207 g/mol. The van der Waals surface area contributed by atoms with Crippen molar-refractivity contribution in [1.29, 1.82) is 0 Å². The number of rotatable bonds is 2. The van der Waals surface area contributed by atoms with Crippen LogP contribution in [0.2, 0.25) is 0 Å². The van der Waals surface area contributed by atoms with E-state index < -0.39 is 0 Å². The summed E-state index contributed by atoms with van der Waals surface area (Å²) in [6.45, 7) is 0.00914. The minimum absolute atomic E-state index is 0.00914. The number of aliphatic hydroxyl groups excluding tert-OH is 1. The second kappa shape index (κ2) is 3.40. The lowest BCUT2D eigenvalue weighted by atomic mass is 10.1. The number of hydrogen-bond acceptors (Lipinski definition) is 4. The predicted molar refractivity (Wildman–Crippen MR) is 57.5 cm³/mol. The van der Waals surface area contributed by atoms with Gasteiger partial charge in [0.05, 0.1) is 17.0 Å². The molecule has 4 heteroatoms. The summed E-state index contributed by atoms with van der Waals surface area (Å²) >= 11 is 1.42. The van der Waals surface area contributed by atoms with Crippen LogP contribution in [-0.2, 0) is 6.61 Å². The molecule has 1 aromatic heterocycles. The molecule has 3 N–H and O–H groups in total. The summed E-state index contributed by atoms with van der Waals surface area (Å²) in [5.74, 6) is 0. The fourth-order valence-corrected chi connectivity index (χ4v) is 2.36. The van der Waals surface area contributed by atoms with Crippen LogP contribution in [0.4, 0.5) is 5.69 Å². The molecule has 2 aromatic rings. The molecule has 0 saturated carbocycles. The Morgan fingerprint density at radius 2 is 2.29 bits per heavy atom. The number of nitrogens with two attached hydrogens (primary N) is 1. The van der Waals surface area contributed by atoms with Crippen LogP contribution in [0.25, 0.3) is 10.1 Å². The molecule has 0 aliphatic heterocycles. The summed E-state index contributed by atoms with van der Waals surface area (Å²) in [6.07, 6.45) is 0.743. The number of carbonyl (C=O) groups is 1. The number of aldehydes is 1. The van der Waals surface area contributed by atoms with Crippen LogP contribution in [-0.4, -0.2) is 11.4 Å². The molecule has 72 valence electrons. The summed E-state index contributed by atoms with van der Waals surface area (Å²) in [5, 5.41) is 9.93. The van der Waals surface area contributed by atoms with Crippen molar-refractivity contribution >= 4 is 33.4 Å². The smallest absolute Gasteiger partial charge is 0.152 e. The topological polar surface area (TPSA) is 63.3 Å². The molecule has 0 spiro atoms. The standard InChI is InChI=1S/C10H9NO2S/c11-9-7(4-12)2-1-6-3-8(5-13)14-10(6)9/h1-4,13H,5,11H2. The Morgan fingerprint density at radius 1 is 1.50 bits per heavy atom. The van der Waals surface area contributed by atoms with E-state index in [1.54, 1.807) is 6.07 Å². The molecule has 14 heavy (non-hydrogen) atoms. The van der Waals surface area contributed by atoms with Crippen molar-refractivity contribution in [2.24, 2.45) is 0 Å². The van der Waals surface area contributed by atoms with E-state index in [-0.39, 0.29) is 6.61 Å². The van der Waals surface area contributed by atoms with E-state index in [4.69, 9.17) is 10.8 Å². The molecule has 0 aliphatic carbocycles. The number of fused-ring (bicyclic) bond motifs is 1. The molecule has 3 nitrogen and oxygen atoms in total. The lowest BCUT2D eigenvalue weighted by Gasteiger charge is -1.98. The number of benzene rings is 1. The summed E-state index contributed by atoms with van der Waals surface area (Å²) < 4.78 is 0.874. The SMILES string of the molecule is Nc1c(C=O)ccc2cc(CO)sc12. The van der Waals surface area contributed by atoms with Gasteiger partial charge in [0.1, 0.15) is 0 Å². The van der Waals surface area contributed by atoms with E-state index in [0.717, 1.165) is 21.2 Å². The summed E-state index contributed by atoms with van der Waals surface area (Å²) in [7, 11) is 0. The average Bonchev–Trinajstić information content (AvgIpc) is 2.62. The molecule has 0 aliphatic rings. The van der Waals surface area contributed by atoms with Gasteiger partial charge in [0.2, 0.25) is 0 Å². The summed E-state index contributed by atoms with van der Waals surface area (Å²) in [4.78, 5) is 11.5. The van der Waals surface area contributed by atoms with Gasteiger partial charge in [0.15, 0.2) is 6.29 Å². The van der Waals surface area contributed by atoms with Gasteiger partial charge in [-0.25, -0.2) is 0 Å². The first kappa shape index (κ1) is 9.18. The molecule has 0 fully saturated rings. The second-order valence-corrected chi connectivity index (χ2v) is 4.11. The van der Waals surface area contributed by atoms with E-state index >= 15 is 0 Å². The zero-order chi connectivity index (χ0) is 10.1. The fraction of sp³-hybridized carbons (Fsp3) is 0.100. The lowest BCUT2D eigenvalue weighted by molar-refractivity contribution is 0.112. The van der Waals surface area contributed by atoms with Crippen molar-refractivity contribution in [2.75, 3.05) is 5.73 Å². The Morgan fingerprint density at radius 3 is 2.93 bits per heavy atom. The first-order valence-corrected chi connectivity index (χ1v) is 4.95. The van der Waals surface area contributed by atoms with E-state index in [1.165, 1.54) is 11.3 Å². The monoisotopic (exact) mass is 207 g/mol. The Bertz CT molecular complexity index is 490. The van der Waals surface area contributed by atoms with Gasteiger partial charge in [-0.2, -0.15) is 0 Å². The quantitative estimate of drug-likeness (QED) is 0.583. The van der Waals surface area contributed by atoms with Gasteiger partial charge in [0, 0.05) is 10.4 Å². The van der Waals surface area contributed by atoms with Crippen molar-refractivity contribution in [2.45, 2.75) is 6.61 Å². The zero-order valence-corrected chi connectivity index (χ0v) is 8.17. The highest BCUT2D eigenvalue weighted by Crippen LogP contribution is 2.32. The van der Waals surface area contributed by atoms with E-state index in [0.29, 0.717) is 11.3 Å². The van der Waals surface area contributed by atoms with Crippen LogP contribution >= 0.6 is 11.3 Å². The maximum absolute atomic E-state index is 10.6. The Labute approximate surface area is 84.8 Å². The third-order valence-electron chi connectivity index (χ3n) is 2.09. The third-order valence-corrected chi connectivity index (χ3v) is 3.26. The van der Waals surface area contributed by atoms with Gasteiger partial charge in [-0.3, -0.25) is 4.79 Å². The summed E-state index contributed by atoms with van der Waals surface area (Å²) in [6, 6.07) is 5.41. The number of aliphatic hydroxyl groups is 1. The minimum Gasteiger partial charge on any atom is -0.397 e. The van der Waals surface area contributed by atoms with E-state index in [9.17, 15) is 4.79 Å². The van der Waals surface area contributed by atoms with Gasteiger partial charge < -0.3 is 10.8 Å². The normalized spacial score (nSPS) is 10.6. The van der Waals surface area contributed by atoms with Crippen LogP contribution in [0, 0.1) is 0 Å². The highest BCUT2D eigenvalue weighted by Gasteiger charge is 2.07. The van der Waals surface area contributed by atoms with Gasteiger partial charge in [-0.15, -0.1) is 11.3 Å². The molecule has 0 bridgehead atoms. The number of anilines is 1. The largest absolute Gasteiger partial charge is 0.397 e. The van der Waals surface area contributed by atoms with E-state index in [2.05, 4.69) is 0 Å². The fourth-order valence-electron chi connectivity index (χ4n) is 1.37. The van der Waals surface area contributed by atoms with Crippen molar-refractivity contribution in [1.82, 2.24) is 0 Å². The molecule has 0 saturated heterocycles. The van der Waals surface area contributed by atoms with Crippen LogP contribution in [0.15, 0.2) is 18.2 Å². The van der Waals surface area contributed by atoms with Crippen molar-refractivity contribution in [3.63, 3.8) is 0 Å². The van der Waals surface area contributed by atoms with Gasteiger partial charge in [-0.1, -0.05) is 6.07 Å². The summed E-state index contributed by atoms with van der Waals surface area (Å²) in [5.41, 5.74) is 6.80.